The van der Waals surface area contributed by atoms with E-state index < -0.39 is 0 Å². The highest BCUT2D eigenvalue weighted by atomic mass is 15.2. The third-order valence-electron chi connectivity index (χ3n) is 4.51. The van der Waals surface area contributed by atoms with Crippen molar-refractivity contribution in [2.75, 3.05) is 13.1 Å². The van der Waals surface area contributed by atoms with Gasteiger partial charge in [-0.05, 0) is 38.1 Å². The Labute approximate surface area is 94.2 Å². The van der Waals surface area contributed by atoms with Gasteiger partial charge in [-0.3, -0.25) is 4.90 Å². The molecule has 2 nitrogen and oxygen atoms in total. The van der Waals surface area contributed by atoms with E-state index in [1.54, 1.807) is 0 Å². The topological polar surface area (TPSA) is 29.3 Å². The summed E-state index contributed by atoms with van der Waals surface area (Å²) in [4.78, 5) is 2.74. The summed E-state index contributed by atoms with van der Waals surface area (Å²) in [5.41, 5.74) is 5.88. The summed E-state index contributed by atoms with van der Waals surface area (Å²) in [6, 6.07) is 1.56. The number of hydrogen-bond acceptors (Lipinski definition) is 2. The first kappa shape index (κ1) is 11.4. The van der Waals surface area contributed by atoms with Crippen molar-refractivity contribution in [2.24, 2.45) is 11.7 Å². The van der Waals surface area contributed by atoms with Gasteiger partial charge >= 0.3 is 0 Å². The van der Waals surface area contributed by atoms with E-state index in [1.165, 1.54) is 51.5 Å². The molecule has 2 fully saturated rings. The largest absolute Gasteiger partial charge is 0.329 e. The van der Waals surface area contributed by atoms with Crippen molar-refractivity contribution in [3.63, 3.8) is 0 Å². The summed E-state index contributed by atoms with van der Waals surface area (Å²) in [6.07, 6.45) is 9.84. The molecule has 0 aromatic heterocycles. The number of likely N-dealkylation sites (tertiary alicyclic amines) is 1. The highest BCUT2D eigenvalue weighted by Gasteiger charge is 2.34. The molecule has 1 saturated heterocycles. The molecule has 3 unspecified atom stereocenters. The third kappa shape index (κ3) is 2.36. The summed E-state index contributed by atoms with van der Waals surface area (Å²) >= 11 is 0. The molecular weight excluding hydrogens is 184 g/mol. The van der Waals surface area contributed by atoms with E-state index in [-0.39, 0.29) is 0 Å². The fraction of sp³-hybridized carbons (Fsp3) is 1.00. The minimum absolute atomic E-state index is 0.696. The minimum atomic E-state index is 0.696. The normalized spacial score (nSPS) is 38.4. The van der Waals surface area contributed by atoms with Gasteiger partial charge in [0.05, 0.1) is 0 Å². The molecule has 2 N–H and O–H groups in total. The van der Waals surface area contributed by atoms with Gasteiger partial charge in [-0.1, -0.05) is 26.2 Å². The molecule has 15 heavy (non-hydrogen) atoms. The lowest BCUT2D eigenvalue weighted by Crippen LogP contribution is -2.47. The van der Waals surface area contributed by atoms with Crippen LogP contribution in [-0.4, -0.2) is 30.1 Å². The van der Waals surface area contributed by atoms with Gasteiger partial charge in [0.15, 0.2) is 0 Å². The van der Waals surface area contributed by atoms with Crippen LogP contribution >= 0.6 is 0 Å². The first-order valence-electron chi connectivity index (χ1n) is 6.82. The van der Waals surface area contributed by atoms with Gasteiger partial charge in [-0.2, -0.15) is 0 Å². The quantitative estimate of drug-likeness (QED) is 0.775. The number of hydrogen-bond donors (Lipinski definition) is 1. The van der Waals surface area contributed by atoms with E-state index in [1.807, 2.05) is 0 Å². The SMILES string of the molecule is CCC1CCCCC1N1CCCC1CN. The van der Waals surface area contributed by atoms with E-state index in [4.69, 9.17) is 5.73 Å². The Morgan fingerprint density at radius 2 is 1.93 bits per heavy atom. The summed E-state index contributed by atoms with van der Waals surface area (Å²) in [5.74, 6) is 0.950. The molecule has 0 bridgehead atoms. The Kier molecular flexibility index (Phi) is 4.04. The van der Waals surface area contributed by atoms with Crippen LogP contribution in [0.4, 0.5) is 0 Å². The maximum Gasteiger partial charge on any atom is 0.0221 e. The maximum atomic E-state index is 5.88. The molecule has 2 rings (SSSR count). The van der Waals surface area contributed by atoms with Crippen molar-refractivity contribution in [1.82, 2.24) is 4.90 Å². The molecule has 2 aliphatic rings. The summed E-state index contributed by atoms with van der Waals surface area (Å²) in [7, 11) is 0. The second-order valence-corrected chi connectivity index (χ2v) is 5.29. The highest BCUT2D eigenvalue weighted by Crippen LogP contribution is 2.34. The summed E-state index contributed by atoms with van der Waals surface area (Å²) in [5, 5.41) is 0. The van der Waals surface area contributed by atoms with Crippen molar-refractivity contribution < 1.29 is 0 Å². The second kappa shape index (κ2) is 5.31. The standard InChI is InChI=1S/C13H26N2/c1-2-11-6-3-4-8-13(11)15-9-5-7-12(15)10-14/h11-13H,2-10,14H2,1H3. The Balaban J connectivity index is 1.99. The highest BCUT2D eigenvalue weighted by molar-refractivity contribution is 4.90. The van der Waals surface area contributed by atoms with Crippen LogP contribution in [0.15, 0.2) is 0 Å². The molecule has 1 saturated carbocycles. The van der Waals surface area contributed by atoms with Crippen molar-refractivity contribution in [2.45, 2.75) is 64.0 Å². The monoisotopic (exact) mass is 210 g/mol. The zero-order valence-electron chi connectivity index (χ0n) is 10.1. The third-order valence-corrected chi connectivity index (χ3v) is 4.51. The molecule has 0 radical (unpaired) electrons. The zero-order chi connectivity index (χ0) is 10.7. The number of nitrogens with zero attached hydrogens (tertiary/aromatic N) is 1. The van der Waals surface area contributed by atoms with Crippen LogP contribution in [0.3, 0.4) is 0 Å². The Bertz CT molecular complexity index is 193. The minimum Gasteiger partial charge on any atom is -0.329 e. The van der Waals surface area contributed by atoms with Crippen molar-refractivity contribution >= 4 is 0 Å². The molecular formula is C13H26N2. The van der Waals surface area contributed by atoms with E-state index in [9.17, 15) is 0 Å². The van der Waals surface area contributed by atoms with Crippen molar-refractivity contribution in [3.8, 4) is 0 Å². The van der Waals surface area contributed by atoms with Crippen LogP contribution < -0.4 is 5.73 Å². The summed E-state index contributed by atoms with van der Waals surface area (Å²) < 4.78 is 0. The van der Waals surface area contributed by atoms with Crippen LogP contribution in [-0.2, 0) is 0 Å². The smallest absolute Gasteiger partial charge is 0.0221 e. The predicted molar refractivity (Wildman–Crippen MR) is 64.8 cm³/mol. The van der Waals surface area contributed by atoms with Crippen LogP contribution in [0.2, 0.25) is 0 Å². The maximum absolute atomic E-state index is 5.88. The lowest BCUT2D eigenvalue weighted by molar-refractivity contribution is 0.0922. The molecule has 88 valence electrons. The second-order valence-electron chi connectivity index (χ2n) is 5.29. The summed E-state index contributed by atoms with van der Waals surface area (Å²) in [6.45, 7) is 4.53. The van der Waals surface area contributed by atoms with Crippen LogP contribution in [0, 0.1) is 5.92 Å². The number of nitrogens with two attached hydrogens (primary N) is 1. The fourth-order valence-corrected chi connectivity index (χ4v) is 3.65. The van der Waals surface area contributed by atoms with Gasteiger partial charge in [0, 0.05) is 18.6 Å². The molecule has 0 aromatic carbocycles. The van der Waals surface area contributed by atoms with Gasteiger partial charge in [-0.15, -0.1) is 0 Å². The Hall–Kier alpha value is -0.0800. The predicted octanol–water partition coefficient (Wildman–Crippen LogP) is 2.38. The van der Waals surface area contributed by atoms with Gasteiger partial charge in [-0.25, -0.2) is 0 Å². The molecule has 1 aliphatic heterocycles. The lowest BCUT2D eigenvalue weighted by atomic mass is 9.81. The molecule has 0 aromatic rings. The van der Waals surface area contributed by atoms with Crippen molar-refractivity contribution in [1.29, 1.82) is 0 Å². The average molecular weight is 210 g/mol. The molecule has 1 aliphatic carbocycles. The van der Waals surface area contributed by atoms with Gasteiger partial charge in [0.25, 0.3) is 0 Å². The molecule has 2 heteroatoms. The Morgan fingerprint density at radius 3 is 2.67 bits per heavy atom. The fourth-order valence-electron chi connectivity index (χ4n) is 3.65. The van der Waals surface area contributed by atoms with Gasteiger partial charge in [0.2, 0.25) is 0 Å². The number of rotatable bonds is 3. The van der Waals surface area contributed by atoms with Gasteiger partial charge < -0.3 is 5.73 Å². The van der Waals surface area contributed by atoms with Crippen molar-refractivity contribution in [3.05, 3.63) is 0 Å². The zero-order valence-corrected chi connectivity index (χ0v) is 10.1. The van der Waals surface area contributed by atoms with E-state index in [2.05, 4.69) is 11.8 Å². The lowest BCUT2D eigenvalue weighted by Gasteiger charge is -2.40. The Morgan fingerprint density at radius 1 is 1.13 bits per heavy atom. The molecule has 0 spiro atoms. The van der Waals surface area contributed by atoms with E-state index in [0.717, 1.165) is 18.5 Å². The average Bonchev–Trinajstić information content (AvgIpc) is 2.76. The molecule has 1 heterocycles. The van der Waals surface area contributed by atoms with Crippen LogP contribution in [0.25, 0.3) is 0 Å². The van der Waals surface area contributed by atoms with Crippen LogP contribution in [0.1, 0.15) is 51.9 Å². The van der Waals surface area contributed by atoms with Crippen LogP contribution in [0.5, 0.6) is 0 Å². The van der Waals surface area contributed by atoms with E-state index >= 15 is 0 Å². The van der Waals surface area contributed by atoms with E-state index in [0.29, 0.717) is 6.04 Å². The molecule has 3 atom stereocenters. The van der Waals surface area contributed by atoms with Gasteiger partial charge in [0.1, 0.15) is 0 Å². The first-order chi connectivity index (χ1) is 7.36. The first-order valence-corrected chi connectivity index (χ1v) is 6.82. The molecule has 0 amide bonds.